The summed E-state index contributed by atoms with van der Waals surface area (Å²) in [7, 11) is 0. The Balaban J connectivity index is 2.02. The van der Waals surface area contributed by atoms with E-state index in [9.17, 15) is 0 Å². The number of benzene rings is 1. The van der Waals surface area contributed by atoms with Crippen molar-refractivity contribution in [1.82, 2.24) is 9.97 Å². The second kappa shape index (κ2) is 4.53. The standard InChI is InChI=1S/C14H17N3O/c1-10-9-17(7-8-18-10)14-11(2)15-12-5-3-4-6-13(12)16-14/h3-6,10H,7-9H2,1-2H3. The fourth-order valence-electron chi connectivity index (χ4n) is 2.39. The second-order valence-electron chi connectivity index (χ2n) is 4.75. The van der Waals surface area contributed by atoms with Crippen LogP contribution in [0.5, 0.6) is 0 Å². The van der Waals surface area contributed by atoms with Gasteiger partial charge in [0.25, 0.3) is 0 Å². The van der Waals surface area contributed by atoms with Gasteiger partial charge in [-0.25, -0.2) is 9.97 Å². The normalized spacial score (nSPS) is 20.3. The van der Waals surface area contributed by atoms with Gasteiger partial charge in [0, 0.05) is 13.1 Å². The highest BCUT2D eigenvalue weighted by Crippen LogP contribution is 2.21. The van der Waals surface area contributed by atoms with Gasteiger partial charge in [-0.2, -0.15) is 0 Å². The van der Waals surface area contributed by atoms with E-state index in [2.05, 4.69) is 16.8 Å². The molecule has 0 N–H and O–H groups in total. The minimum atomic E-state index is 0.256. The van der Waals surface area contributed by atoms with Crippen molar-refractivity contribution in [1.29, 1.82) is 0 Å². The fraction of sp³-hybridized carbons (Fsp3) is 0.429. The molecule has 3 rings (SSSR count). The van der Waals surface area contributed by atoms with Gasteiger partial charge in [-0.1, -0.05) is 12.1 Å². The maximum atomic E-state index is 5.57. The van der Waals surface area contributed by atoms with Crippen LogP contribution in [0.1, 0.15) is 12.6 Å². The first-order valence-corrected chi connectivity index (χ1v) is 6.34. The van der Waals surface area contributed by atoms with Gasteiger partial charge >= 0.3 is 0 Å². The molecule has 2 aromatic rings. The van der Waals surface area contributed by atoms with Gasteiger partial charge in [-0.3, -0.25) is 0 Å². The van der Waals surface area contributed by atoms with Gasteiger partial charge in [-0.15, -0.1) is 0 Å². The Morgan fingerprint density at radius 3 is 2.67 bits per heavy atom. The first-order valence-electron chi connectivity index (χ1n) is 6.34. The third-order valence-electron chi connectivity index (χ3n) is 3.26. The first-order chi connectivity index (χ1) is 8.74. The zero-order chi connectivity index (χ0) is 12.5. The van der Waals surface area contributed by atoms with Gasteiger partial charge in [-0.05, 0) is 26.0 Å². The lowest BCUT2D eigenvalue weighted by atomic mass is 10.2. The van der Waals surface area contributed by atoms with E-state index in [-0.39, 0.29) is 6.10 Å². The van der Waals surface area contributed by atoms with E-state index in [1.807, 2.05) is 31.2 Å². The second-order valence-corrected chi connectivity index (χ2v) is 4.75. The minimum absolute atomic E-state index is 0.256. The zero-order valence-electron chi connectivity index (χ0n) is 10.8. The van der Waals surface area contributed by atoms with Crippen molar-refractivity contribution < 1.29 is 4.74 Å². The van der Waals surface area contributed by atoms with E-state index in [1.54, 1.807) is 0 Å². The van der Waals surface area contributed by atoms with E-state index in [1.165, 1.54) is 0 Å². The number of hydrogen-bond donors (Lipinski definition) is 0. The van der Waals surface area contributed by atoms with Crippen LogP contribution < -0.4 is 4.90 Å². The molecule has 1 aromatic heterocycles. The smallest absolute Gasteiger partial charge is 0.150 e. The highest BCUT2D eigenvalue weighted by molar-refractivity contribution is 5.76. The van der Waals surface area contributed by atoms with Gasteiger partial charge in [0.15, 0.2) is 5.82 Å². The topological polar surface area (TPSA) is 38.2 Å². The number of ether oxygens (including phenoxy) is 1. The Morgan fingerprint density at radius 1 is 1.22 bits per heavy atom. The molecule has 1 aliphatic rings. The monoisotopic (exact) mass is 243 g/mol. The van der Waals surface area contributed by atoms with E-state index in [0.717, 1.165) is 42.2 Å². The maximum Gasteiger partial charge on any atom is 0.150 e. The summed E-state index contributed by atoms with van der Waals surface area (Å²) in [5, 5.41) is 0. The van der Waals surface area contributed by atoms with Crippen LogP contribution in [0, 0.1) is 6.92 Å². The molecule has 0 spiro atoms. The molecule has 1 aromatic carbocycles. The molecule has 1 atom stereocenters. The number of morpholine rings is 1. The Morgan fingerprint density at radius 2 is 1.94 bits per heavy atom. The van der Waals surface area contributed by atoms with Crippen LogP contribution >= 0.6 is 0 Å². The van der Waals surface area contributed by atoms with Gasteiger partial charge < -0.3 is 9.64 Å². The van der Waals surface area contributed by atoms with Crippen molar-refractivity contribution in [2.45, 2.75) is 20.0 Å². The number of anilines is 1. The first kappa shape index (κ1) is 11.4. The zero-order valence-corrected chi connectivity index (χ0v) is 10.8. The molecule has 1 saturated heterocycles. The van der Waals surface area contributed by atoms with E-state index in [4.69, 9.17) is 9.72 Å². The summed E-state index contributed by atoms with van der Waals surface area (Å²) in [5.74, 6) is 0.990. The summed E-state index contributed by atoms with van der Waals surface area (Å²) < 4.78 is 5.57. The Labute approximate surface area is 107 Å². The summed E-state index contributed by atoms with van der Waals surface area (Å²) >= 11 is 0. The van der Waals surface area contributed by atoms with Gasteiger partial charge in [0.1, 0.15) is 0 Å². The van der Waals surface area contributed by atoms with Gasteiger partial charge in [0.05, 0.1) is 29.4 Å². The van der Waals surface area contributed by atoms with Crippen molar-refractivity contribution >= 4 is 16.9 Å². The molecule has 2 heterocycles. The average Bonchev–Trinajstić information content (AvgIpc) is 2.38. The SMILES string of the molecule is Cc1nc2ccccc2nc1N1CCOC(C)C1. The molecule has 1 aliphatic heterocycles. The number of aryl methyl sites for hydroxylation is 1. The molecular weight excluding hydrogens is 226 g/mol. The molecule has 4 nitrogen and oxygen atoms in total. The molecule has 0 bridgehead atoms. The van der Waals surface area contributed by atoms with E-state index in [0.29, 0.717) is 0 Å². The Hall–Kier alpha value is -1.68. The van der Waals surface area contributed by atoms with Crippen LogP contribution in [0.4, 0.5) is 5.82 Å². The summed E-state index contributed by atoms with van der Waals surface area (Å²) in [5.41, 5.74) is 2.90. The molecule has 0 radical (unpaired) electrons. The van der Waals surface area contributed by atoms with Crippen molar-refractivity contribution in [3.8, 4) is 0 Å². The van der Waals surface area contributed by atoms with E-state index < -0.39 is 0 Å². The minimum Gasteiger partial charge on any atom is -0.375 e. The van der Waals surface area contributed by atoms with Crippen molar-refractivity contribution in [3.05, 3.63) is 30.0 Å². The Bertz CT molecular complexity index is 570. The lowest BCUT2D eigenvalue weighted by Gasteiger charge is -2.32. The number of aromatic nitrogens is 2. The summed E-state index contributed by atoms with van der Waals surface area (Å²) in [6.45, 7) is 6.64. The predicted molar refractivity (Wildman–Crippen MR) is 71.9 cm³/mol. The highest BCUT2D eigenvalue weighted by atomic mass is 16.5. The van der Waals surface area contributed by atoms with Crippen LogP contribution in [0.15, 0.2) is 24.3 Å². The van der Waals surface area contributed by atoms with Crippen LogP contribution in [0.2, 0.25) is 0 Å². The van der Waals surface area contributed by atoms with Crippen LogP contribution in [-0.4, -0.2) is 35.8 Å². The van der Waals surface area contributed by atoms with Crippen molar-refractivity contribution in [2.24, 2.45) is 0 Å². The number of para-hydroxylation sites is 2. The quantitative estimate of drug-likeness (QED) is 0.769. The van der Waals surface area contributed by atoms with E-state index >= 15 is 0 Å². The summed E-state index contributed by atoms with van der Waals surface area (Å²) in [4.78, 5) is 11.6. The Kier molecular flexibility index (Phi) is 2.88. The molecule has 4 heteroatoms. The number of hydrogen-bond acceptors (Lipinski definition) is 4. The van der Waals surface area contributed by atoms with Gasteiger partial charge in [0.2, 0.25) is 0 Å². The van der Waals surface area contributed by atoms with Crippen molar-refractivity contribution in [2.75, 3.05) is 24.6 Å². The molecule has 0 aliphatic carbocycles. The third kappa shape index (κ3) is 2.04. The molecule has 1 unspecified atom stereocenters. The number of fused-ring (bicyclic) bond motifs is 1. The molecule has 0 saturated carbocycles. The number of rotatable bonds is 1. The lowest BCUT2D eigenvalue weighted by molar-refractivity contribution is 0.0529. The highest BCUT2D eigenvalue weighted by Gasteiger charge is 2.20. The van der Waals surface area contributed by atoms with Crippen LogP contribution in [-0.2, 0) is 4.74 Å². The largest absolute Gasteiger partial charge is 0.375 e. The van der Waals surface area contributed by atoms with Crippen LogP contribution in [0.25, 0.3) is 11.0 Å². The molecule has 18 heavy (non-hydrogen) atoms. The predicted octanol–water partition coefficient (Wildman–Crippen LogP) is 2.16. The lowest BCUT2D eigenvalue weighted by Crippen LogP contribution is -2.42. The van der Waals surface area contributed by atoms with Crippen molar-refractivity contribution in [3.63, 3.8) is 0 Å². The average molecular weight is 243 g/mol. The van der Waals surface area contributed by atoms with Crippen LogP contribution in [0.3, 0.4) is 0 Å². The molecule has 94 valence electrons. The molecule has 1 fully saturated rings. The molecular formula is C14H17N3O. The molecule has 0 amide bonds. The third-order valence-corrected chi connectivity index (χ3v) is 3.26. The summed E-state index contributed by atoms with van der Waals surface area (Å²) in [6.07, 6.45) is 0.256. The fourth-order valence-corrected chi connectivity index (χ4v) is 2.39. The summed E-state index contributed by atoms with van der Waals surface area (Å²) in [6, 6.07) is 8.00. The number of nitrogens with zero attached hydrogens (tertiary/aromatic N) is 3. The maximum absolute atomic E-state index is 5.57.